The Balaban J connectivity index is 2.04. The van der Waals surface area contributed by atoms with Crippen LogP contribution in [0.2, 0.25) is 0 Å². The Hall–Kier alpha value is -1.62. The molecule has 5 heteroatoms. The lowest BCUT2D eigenvalue weighted by Crippen LogP contribution is -2.08. The fraction of sp³-hybridized carbons (Fsp3) is 0.357. The molecule has 0 spiro atoms. The van der Waals surface area contributed by atoms with Crippen molar-refractivity contribution >= 4 is 26.6 Å². The van der Waals surface area contributed by atoms with Crippen LogP contribution in [-0.4, -0.2) is 30.9 Å². The van der Waals surface area contributed by atoms with Gasteiger partial charge in [-0.1, -0.05) is 12.1 Å². The van der Waals surface area contributed by atoms with Gasteiger partial charge in [-0.3, -0.25) is 4.99 Å². The van der Waals surface area contributed by atoms with Crippen LogP contribution >= 0.6 is 0 Å². The Kier molecular flexibility index (Phi) is 2.93. The van der Waals surface area contributed by atoms with E-state index < -0.39 is 10.0 Å². The van der Waals surface area contributed by atoms with Crippen LogP contribution in [0.1, 0.15) is 18.4 Å². The van der Waals surface area contributed by atoms with Crippen LogP contribution in [0.15, 0.2) is 35.5 Å². The quantitative estimate of drug-likeness (QED) is 0.863. The first kappa shape index (κ1) is 12.4. The molecule has 3 rings (SSSR count). The van der Waals surface area contributed by atoms with Crippen molar-refractivity contribution in [3.05, 3.63) is 36.0 Å². The van der Waals surface area contributed by atoms with Crippen molar-refractivity contribution in [3.8, 4) is 0 Å². The molecular weight excluding hydrogens is 260 g/mol. The molecule has 1 aromatic heterocycles. The van der Waals surface area contributed by atoms with Crippen LogP contribution < -0.4 is 0 Å². The fourth-order valence-corrected chi connectivity index (χ4v) is 3.33. The molecule has 2 heterocycles. The first-order valence-electron chi connectivity index (χ1n) is 6.37. The Morgan fingerprint density at radius 1 is 1.32 bits per heavy atom. The maximum atomic E-state index is 11.7. The molecule has 4 nitrogen and oxygen atoms in total. The van der Waals surface area contributed by atoms with E-state index in [9.17, 15) is 8.42 Å². The summed E-state index contributed by atoms with van der Waals surface area (Å²) in [4.78, 5) is 4.46. The van der Waals surface area contributed by atoms with E-state index in [0.29, 0.717) is 0 Å². The van der Waals surface area contributed by atoms with Gasteiger partial charge in [-0.05, 0) is 30.5 Å². The summed E-state index contributed by atoms with van der Waals surface area (Å²) in [6.45, 7) is 0.928. The minimum atomic E-state index is -3.24. The van der Waals surface area contributed by atoms with Crippen molar-refractivity contribution in [1.29, 1.82) is 0 Å². The molecule has 1 aromatic carbocycles. The average molecular weight is 276 g/mol. The minimum absolute atomic E-state index is 0.749. The molecule has 100 valence electrons. The Bertz CT molecular complexity index is 757. The lowest BCUT2D eigenvalue weighted by atomic mass is 10.1. The van der Waals surface area contributed by atoms with Crippen molar-refractivity contribution in [2.45, 2.75) is 19.3 Å². The number of aromatic nitrogens is 1. The number of rotatable bonds is 3. The van der Waals surface area contributed by atoms with Crippen LogP contribution in [-0.2, 0) is 16.4 Å². The Morgan fingerprint density at radius 2 is 2.16 bits per heavy atom. The summed E-state index contributed by atoms with van der Waals surface area (Å²) < 4.78 is 24.7. The average Bonchev–Trinajstić information content (AvgIpc) is 2.95. The molecule has 1 aliphatic rings. The molecule has 0 aliphatic carbocycles. The lowest BCUT2D eigenvalue weighted by molar-refractivity contribution is 0.595. The molecule has 2 aromatic rings. The summed E-state index contributed by atoms with van der Waals surface area (Å²) in [5.74, 6) is 0. The second kappa shape index (κ2) is 4.49. The van der Waals surface area contributed by atoms with Gasteiger partial charge in [0.05, 0.1) is 11.8 Å². The highest BCUT2D eigenvalue weighted by Gasteiger charge is 2.12. The maximum absolute atomic E-state index is 11.7. The van der Waals surface area contributed by atoms with Crippen molar-refractivity contribution < 1.29 is 8.42 Å². The fourth-order valence-electron chi connectivity index (χ4n) is 2.53. The number of benzene rings is 1. The van der Waals surface area contributed by atoms with E-state index in [1.54, 1.807) is 6.20 Å². The van der Waals surface area contributed by atoms with Crippen LogP contribution in [0, 0.1) is 0 Å². The van der Waals surface area contributed by atoms with Gasteiger partial charge in [-0.15, -0.1) is 0 Å². The highest BCUT2D eigenvalue weighted by Crippen LogP contribution is 2.20. The molecule has 0 N–H and O–H groups in total. The second-order valence-electron chi connectivity index (χ2n) is 5.00. The lowest BCUT2D eigenvalue weighted by Gasteiger charge is -2.05. The smallest absolute Gasteiger partial charge is 0.236 e. The van der Waals surface area contributed by atoms with E-state index in [-0.39, 0.29) is 0 Å². The van der Waals surface area contributed by atoms with E-state index in [1.165, 1.54) is 15.9 Å². The predicted molar refractivity (Wildman–Crippen MR) is 77.4 cm³/mol. The molecular formula is C14H16N2O2S. The molecule has 19 heavy (non-hydrogen) atoms. The van der Waals surface area contributed by atoms with Crippen LogP contribution in [0.25, 0.3) is 10.9 Å². The summed E-state index contributed by atoms with van der Waals surface area (Å²) in [6, 6.07) is 7.81. The van der Waals surface area contributed by atoms with Crippen LogP contribution in [0.4, 0.5) is 0 Å². The molecule has 0 unspecified atom stereocenters. The van der Waals surface area contributed by atoms with Gasteiger partial charge in [0, 0.05) is 30.3 Å². The van der Waals surface area contributed by atoms with Gasteiger partial charge < -0.3 is 0 Å². The van der Waals surface area contributed by atoms with Crippen LogP contribution in [0.5, 0.6) is 0 Å². The Labute approximate surface area is 112 Å². The topological polar surface area (TPSA) is 51.4 Å². The molecule has 1 aliphatic heterocycles. The number of hydrogen-bond donors (Lipinski definition) is 0. The zero-order valence-electron chi connectivity index (χ0n) is 10.8. The van der Waals surface area contributed by atoms with Crippen molar-refractivity contribution in [2.75, 3.05) is 12.8 Å². The first-order valence-corrected chi connectivity index (χ1v) is 8.21. The normalized spacial score (nSPS) is 15.9. The van der Waals surface area contributed by atoms with Gasteiger partial charge in [0.15, 0.2) is 0 Å². The van der Waals surface area contributed by atoms with Crippen LogP contribution in [0.3, 0.4) is 0 Å². The zero-order valence-corrected chi connectivity index (χ0v) is 11.7. The summed E-state index contributed by atoms with van der Waals surface area (Å²) in [5.41, 5.74) is 3.09. The van der Waals surface area contributed by atoms with E-state index in [0.717, 1.165) is 42.3 Å². The standard InChI is InChI=1S/C14H16N2O2S/c1-19(17,18)16-8-6-12-5-4-11(10-14(12)16)9-13-3-2-7-15-13/h4-6,8,10H,2-3,7,9H2,1H3. The van der Waals surface area contributed by atoms with E-state index >= 15 is 0 Å². The summed E-state index contributed by atoms with van der Waals surface area (Å²) in [5, 5.41) is 0.947. The van der Waals surface area contributed by atoms with E-state index in [1.807, 2.05) is 18.2 Å². The van der Waals surface area contributed by atoms with E-state index in [4.69, 9.17) is 0 Å². The monoisotopic (exact) mass is 276 g/mol. The van der Waals surface area contributed by atoms with Crippen molar-refractivity contribution in [2.24, 2.45) is 4.99 Å². The number of hydrogen-bond acceptors (Lipinski definition) is 3. The second-order valence-corrected chi connectivity index (χ2v) is 6.86. The molecule has 0 saturated carbocycles. The molecule has 0 fully saturated rings. The van der Waals surface area contributed by atoms with Gasteiger partial charge in [-0.25, -0.2) is 12.4 Å². The third-order valence-electron chi connectivity index (χ3n) is 3.45. The maximum Gasteiger partial charge on any atom is 0.236 e. The zero-order chi connectivity index (χ0) is 13.5. The highest BCUT2D eigenvalue weighted by atomic mass is 32.2. The van der Waals surface area contributed by atoms with Gasteiger partial charge in [0.2, 0.25) is 10.0 Å². The third kappa shape index (κ3) is 2.42. The largest absolute Gasteiger partial charge is 0.294 e. The molecule has 0 amide bonds. The number of aliphatic imine (C=N–C) groups is 1. The Morgan fingerprint density at radius 3 is 2.84 bits per heavy atom. The van der Waals surface area contributed by atoms with E-state index in [2.05, 4.69) is 11.1 Å². The predicted octanol–water partition coefficient (Wildman–Crippen LogP) is 2.23. The first-order chi connectivity index (χ1) is 9.04. The number of nitrogens with zero attached hydrogens (tertiary/aromatic N) is 2. The third-order valence-corrected chi connectivity index (χ3v) is 4.48. The highest BCUT2D eigenvalue weighted by molar-refractivity contribution is 7.89. The number of fused-ring (bicyclic) bond motifs is 1. The molecule has 0 bridgehead atoms. The van der Waals surface area contributed by atoms with Gasteiger partial charge in [0.25, 0.3) is 0 Å². The van der Waals surface area contributed by atoms with Gasteiger partial charge in [0.1, 0.15) is 0 Å². The molecule has 0 saturated heterocycles. The van der Waals surface area contributed by atoms with Crippen molar-refractivity contribution in [3.63, 3.8) is 0 Å². The van der Waals surface area contributed by atoms with Crippen molar-refractivity contribution in [1.82, 2.24) is 3.97 Å². The molecule has 0 radical (unpaired) electrons. The summed E-state index contributed by atoms with van der Waals surface area (Å²) >= 11 is 0. The molecule has 0 atom stereocenters. The van der Waals surface area contributed by atoms with Gasteiger partial charge >= 0.3 is 0 Å². The van der Waals surface area contributed by atoms with Gasteiger partial charge in [-0.2, -0.15) is 0 Å². The minimum Gasteiger partial charge on any atom is -0.294 e. The summed E-state index contributed by atoms with van der Waals surface area (Å²) in [6.07, 6.45) is 5.85. The SMILES string of the molecule is CS(=O)(=O)n1ccc2ccc(CC3=NCCC3)cc21. The summed E-state index contributed by atoms with van der Waals surface area (Å²) in [7, 11) is -3.24.